The zero-order valence-electron chi connectivity index (χ0n) is 10.3. The molecule has 2 unspecified atom stereocenters. The van der Waals surface area contributed by atoms with Crippen molar-refractivity contribution in [1.82, 2.24) is 10.2 Å². The van der Waals surface area contributed by atoms with E-state index < -0.39 is 5.97 Å². The minimum Gasteiger partial charge on any atom is -0.481 e. The van der Waals surface area contributed by atoms with Crippen molar-refractivity contribution in [1.29, 1.82) is 0 Å². The fourth-order valence-corrected chi connectivity index (χ4v) is 1.93. The van der Waals surface area contributed by atoms with Crippen molar-refractivity contribution in [2.45, 2.75) is 38.3 Å². The van der Waals surface area contributed by atoms with Gasteiger partial charge in [0.2, 0.25) is 0 Å². The quantitative estimate of drug-likeness (QED) is 0.762. The van der Waals surface area contributed by atoms with E-state index in [1.54, 1.807) is 18.9 Å². The molecule has 0 spiro atoms. The van der Waals surface area contributed by atoms with Crippen LogP contribution in [0.5, 0.6) is 0 Å². The fraction of sp³-hybridized carbons (Fsp3) is 0.818. The van der Waals surface area contributed by atoms with Gasteiger partial charge in [-0.2, -0.15) is 0 Å². The number of nitrogens with one attached hydrogen (secondary N) is 1. The van der Waals surface area contributed by atoms with Gasteiger partial charge in [0.05, 0.1) is 12.5 Å². The topological polar surface area (TPSA) is 78.9 Å². The first kappa shape index (κ1) is 13.8. The van der Waals surface area contributed by atoms with Crippen LogP contribution in [0.4, 0.5) is 4.79 Å². The molecule has 0 saturated carbocycles. The number of carbonyl (C=O) groups excluding carboxylic acids is 1. The van der Waals surface area contributed by atoms with Gasteiger partial charge in [0.25, 0.3) is 0 Å². The Morgan fingerprint density at radius 3 is 2.88 bits per heavy atom. The van der Waals surface area contributed by atoms with Gasteiger partial charge in [-0.1, -0.05) is 0 Å². The van der Waals surface area contributed by atoms with E-state index in [0.29, 0.717) is 13.1 Å². The number of piperidine rings is 1. The van der Waals surface area contributed by atoms with E-state index in [1.165, 1.54) is 0 Å². The third kappa shape index (κ3) is 4.60. The fourth-order valence-electron chi connectivity index (χ4n) is 1.93. The van der Waals surface area contributed by atoms with Crippen LogP contribution in [-0.4, -0.2) is 54.4 Å². The van der Waals surface area contributed by atoms with Crippen LogP contribution >= 0.6 is 0 Å². The van der Waals surface area contributed by atoms with Crippen molar-refractivity contribution in [2.24, 2.45) is 0 Å². The Labute approximate surface area is 101 Å². The second-order valence-corrected chi connectivity index (χ2v) is 4.39. The molecule has 6 nitrogen and oxygen atoms in total. The molecule has 6 heteroatoms. The first-order valence-corrected chi connectivity index (χ1v) is 5.83. The largest absolute Gasteiger partial charge is 0.481 e. The highest BCUT2D eigenvalue weighted by Gasteiger charge is 2.24. The minimum atomic E-state index is -0.911. The molecule has 98 valence electrons. The number of nitrogens with zero attached hydrogens (tertiary/aromatic N) is 1. The van der Waals surface area contributed by atoms with E-state index in [4.69, 9.17) is 9.84 Å². The summed E-state index contributed by atoms with van der Waals surface area (Å²) in [6, 6.07) is -0.566. The molecule has 17 heavy (non-hydrogen) atoms. The van der Waals surface area contributed by atoms with Crippen LogP contribution < -0.4 is 5.32 Å². The molecule has 1 fully saturated rings. The smallest absolute Gasteiger partial charge is 0.317 e. The highest BCUT2D eigenvalue weighted by molar-refractivity contribution is 5.76. The summed E-state index contributed by atoms with van der Waals surface area (Å²) in [4.78, 5) is 24.0. The number of carboxylic acids is 1. The molecule has 0 radical (unpaired) electrons. The zero-order valence-corrected chi connectivity index (χ0v) is 10.3. The monoisotopic (exact) mass is 244 g/mol. The van der Waals surface area contributed by atoms with E-state index in [9.17, 15) is 9.59 Å². The van der Waals surface area contributed by atoms with Gasteiger partial charge < -0.3 is 20.1 Å². The number of hydrogen-bond donors (Lipinski definition) is 2. The van der Waals surface area contributed by atoms with Gasteiger partial charge in [-0.25, -0.2) is 4.79 Å². The van der Waals surface area contributed by atoms with Crippen molar-refractivity contribution in [3.8, 4) is 0 Å². The predicted molar refractivity (Wildman–Crippen MR) is 61.9 cm³/mol. The molecule has 2 amide bonds. The summed E-state index contributed by atoms with van der Waals surface area (Å²) in [7, 11) is 1.64. The number of carboxylic acid groups (broad SMARTS) is 1. The maximum atomic E-state index is 11.8. The molecule has 2 atom stereocenters. The minimum absolute atomic E-state index is 0.0622. The van der Waals surface area contributed by atoms with Crippen molar-refractivity contribution in [2.75, 3.05) is 20.2 Å². The number of rotatable bonds is 4. The average molecular weight is 244 g/mol. The second kappa shape index (κ2) is 6.44. The third-order valence-electron chi connectivity index (χ3n) is 2.85. The maximum absolute atomic E-state index is 11.8. The lowest BCUT2D eigenvalue weighted by Gasteiger charge is -2.32. The van der Waals surface area contributed by atoms with Gasteiger partial charge in [0.15, 0.2) is 0 Å². The van der Waals surface area contributed by atoms with Gasteiger partial charge in [-0.3, -0.25) is 4.79 Å². The summed E-state index contributed by atoms with van der Waals surface area (Å²) in [6.07, 6.45) is 1.90. The summed E-state index contributed by atoms with van der Waals surface area (Å²) in [5.74, 6) is -0.911. The number of methoxy groups -OCH3 is 1. The van der Waals surface area contributed by atoms with Crippen LogP contribution in [0.25, 0.3) is 0 Å². The third-order valence-corrected chi connectivity index (χ3v) is 2.85. The summed E-state index contributed by atoms with van der Waals surface area (Å²) in [5, 5.41) is 11.3. The maximum Gasteiger partial charge on any atom is 0.317 e. The van der Waals surface area contributed by atoms with Crippen LogP contribution in [0.2, 0.25) is 0 Å². The average Bonchev–Trinajstić information content (AvgIpc) is 2.27. The van der Waals surface area contributed by atoms with Crippen LogP contribution in [0.3, 0.4) is 0 Å². The lowest BCUT2D eigenvalue weighted by molar-refractivity contribution is -0.137. The van der Waals surface area contributed by atoms with E-state index in [2.05, 4.69) is 5.32 Å². The van der Waals surface area contributed by atoms with Gasteiger partial charge in [-0.15, -0.1) is 0 Å². The van der Waals surface area contributed by atoms with E-state index in [0.717, 1.165) is 12.8 Å². The molecule has 0 bridgehead atoms. The van der Waals surface area contributed by atoms with Crippen LogP contribution in [-0.2, 0) is 9.53 Å². The Morgan fingerprint density at radius 2 is 2.29 bits per heavy atom. The molecule has 0 aromatic carbocycles. The zero-order chi connectivity index (χ0) is 12.8. The van der Waals surface area contributed by atoms with Crippen molar-refractivity contribution >= 4 is 12.0 Å². The SMILES string of the molecule is COC1CCCN(C(=O)NC(C)CC(=O)O)C1. The molecule has 1 heterocycles. The molecule has 2 N–H and O–H groups in total. The van der Waals surface area contributed by atoms with E-state index >= 15 is 0 Å². The molecule has 1 saturated heterocycles. The van der Waals surface area contributed by atoms with Gasteiger partial charge >= 0.3 is 12.0 Å². The number of urea groups is 1. The standard InChI is InChI=1S/C11H20N2O4/c1-8(6-10(14)15)12-11(16)13-5-3-4-9(7-13)17-2/h8-9H,3-7H2,1-2H3,(H,12,16)(H,14,15). The summed E-state index contributed by atoms with van der Waals surface area (Å²) >= 11 is 0. The number of likely N-dealkylation sites (tertiary alicyclic amines) is 1. The molecule has 0 aliphatic carbocycles. The van der Waals surface area contributed by atoms with Gasteiger partial charge in [-0.05, 0) is 19.8 Å². The number of amides is 2. The highest BCUT2D eigenvalue weighted by Crippen LogP contribution is 2.12. The summed E-state index contributed by atoms with van der Waals surface area (Å²) in [6.45, 7) is 2.96. The van der Waals surface area contributed by atoms with Crippen LogP contribution in [0.15, 0.2) is 0 Å². The molecule has 1 aliphatic heterocycles. The van der Waals surface area contributed by atoms with E-state index in [-0.39, 0.29) is 24.6 Å². The van der Waals surface area contributed by atoms with Gasteiger partial charge in [0, 0.05) is 26.2 Å². The molecule has 1 rings (SSSR count). The molecular weight excluding hydrogens is 224 g/mol. The van der Waals surface area contributed by atoms with Gasteiger partial charge in [0.1, 0.15) is 0 Å². The summed E-state index contributed by atoms with van der Waals surface area (Å²) in [5.41, 5.74) is 0. The van der Waals surface area contributed by atoms with E-state index in [1.807, 2.05) is 0 Å². The lowest BCUT2D eigenvalue weighted by atomic mass is 10.1. The van der Waals surface area contributed by atoms with Crippen molar-refractivity contribution < 1.29 is 19.4 Å². The number of carbonyl (C=O) groups is 2. The Kier molecular flexibility index (Phi) is 5.21. The van der Waals surface area contributed by atoms with Crippen LogP contribution in [0.1, 0.15) is 26.2 Å². The number of aliphatic carboxylic acids is 1. The molecule has 0 aromatic heterocycles. The summed E-state index contributed by atoms with van der Waals surface area (Å²) < 4.78 is 5.23. The van der Waals surface area contributed by atoms with Crippen molar-refractivity contribution in [3.05, 3.63) is 0 Å². The Bertz CT molecular complexity index is 283. The molecule has 1 aliphatic rings. The number of ether oxygens (including phenoxy) is 1. The molecule has 0 aromatic rings. The second-order valence-electron chi connectivity index (χ2n) is 4.39. The normalized spacial score (nSPS) is 22.0. The lowest BCUT2D eigenvalue weighted by Crippen LogP contribution is -2.49. The van der Waals surface area contributed by atoms with Crippen LogP contribution in [0, 0.1) is 0 Å². The Morgan fingerprint density at radius 1 is 1.59 bits per heavy atom. The number of hydrogen-bond acceptors (Lipinski definition) is 3. The molecular formula is C11H20N2O4. The Hall–Kier alpha value is -1.30. The first-order valence-electron chi connectivity index (χ1n) is 5.83. The predicted octanol–water partition coefficient (Wildman–Crippen LogP) is 0.670. The first-order chi connectivity index (χ1) is 8.02. The Balaban J connectivity index is 2.38. The highest BCUT2D eigenvalue weighted by atomic mass is 16.5. The van der Waals surface area contributed by atoms with Crippen molar-refractivity contribution in [3.63, 3.8) is 0 Å².